The molecule has 2 N–H and O–H groups in total. The maximum Gasteiger partial charge on any atom is 0.460 e. The normalized spacial score (nSPS) is 12.4. The fourth-order valence-electron chi connectivity index (χ4n) is 3.32. The lowest BCUT2D eigenvalue weighted by Crippen LogP contribution is -2.30. The zero-order valence-electron chi connectivity index (χ0n) is 17.2. The predicted octanol–water partition coefficient (Wildman–Crippen LogP) is 4.27. The van der Waals surface area contributed by atoms with Gasteiger partial charge in [-0.15, -0.1) is 0 Å². The standard InChI is InChI=1S/C23H17F3N4O3/c1-13-3-2-12-27-18(13)19(14-8-10-17(11-9-14)23(24,25)26)28-21(31)16-6-4-15(5-7-16)20-29-22(32)33-30-20/h2-12,19H,1H3,(H,28,31)(H,29,30,32)/t19-/m0/s1. The van der Waals surface area contributed by atoms with Crippen LogP contribution in [0, 0.1) is 6.92 Å². The average molecular weight is 454 g/mol. The van der Waals surface area contributed by atoms with Gasteiger partial charge in [0.25, 0.3) is 5.91 Å². The third-order valence-electron chi connectivity index (χ3n) is 5.03. The largest absolute Gasteiger partial charge is 0.460 e. The zero-order valence-corrected chi connectivity index (χ0v) is 17.2. The molecule has 2 aromatic carbocycles. The molecule has 33 heavy (non-hydrogen) atoms. The number of aryl methyl sites for hydroxylation is 1. The number of hydrogen-bond acceptors (Lipinski definition) is 5. The van der Waals surface area contributed by atoms with Gasteiger partial charge in [-0.2, -0.15) is 23.3 Å². The second-order valence-electron chi connectivity index (χ2n) is 7.24. The smallest absolute Gasteiger partial charge is 0.340 e. The Morgan fingerprint density at radius 3 is 2.33 bits per heavy atom. The van der Waals surface area contributed by atoms with Crippen molar-refractivity contribution >= 4 is 5.91 Å². The molecule has 2 heterocycles. The summed E-state index contributed by atoms with van der Waals surface area (Å²) in [5.74, 6) is -0.999. The van der Waals surface area contributed by atoms with Gasteiger partial charge in [0.1, 0.15) is 0 Å². The molecule has 0 saturated carbocycles. The van der Waals surface area contributed by atoms with Crippen LogP contribution in [-0.2, 0) is 6.18 Å². The minimum absolute atomic E-state index is 0.221. The number of aromatic amines is 1. The fourth-order valence-corrected chi connectivity index (χ4v) is 3.32. The van der Waals surface area contributed by atoms with Gasteiger partial charge in [-0.25, -0.2) is 4.79 Å². The topological polar surface area (TPSA) is 101 Å². The third-order valence-corrected chi connectivity index (χ3v) is 5.03. The van der Waals surface area contributed by atoms with E-state index in [9.17, 15) is 22.8 Å². The van der Waals surface area contributed by atoms with Crippen LogP contribution in [0.15, 0.2) is 76.2 Å². The summed E-state index contributed by atoms with van der Waals surface area (Å²) in [7, 11) is 0. The van der Waals surface area contributed by atoms with E-state index in [4.69, 9.17) is 0 Å². The first-order valence-corrected chi connectivity index (χ1v) is 9.78. The predicted molar refractivity (Wildman–Crippen MR) is 112 cm³/mol. The molecule has 4 aromatic rings. The molecular weight excluding hydrogens is 437 g/mol. The minimum atomic E-state index is -4.46. The number of pyridine rings is 1. The maximum atomic E-state index is 13.0. The van der Waals surface area contributed by atoms with E-state index in [1.54, 1.807) is 37.4 Å². The molecule has 0 aliphatic rings. The molecule has 0 radical (unpaired) electrons. The molecule has 1 amide bonds. The minimum Gasteiger partial charge on any atom is -0.340 e. The molecule has 0 aliphatic carbocycles. The summed E-state index contributed by atoms with van der Waals surface area (Å²) >= 11 is 0. The van der Waals surface area contributed by atoms with E-state index in [1.165, 1.54) is 24.3 Å². The Hall–Kier alpha value is -4.21. The number of H-pyrrole nitrogens is 1. The number of amides is 1. The lowest BCUT2D eigenvalue weighted by molar-refractivity contribution is -0.137. The Bertz CT molecular complexity index is 1330. The molecular formula is C23H17F3N4O3. The highest BCUT2D eigenvalue weighted by Gasteiger charge is 2.30. The van der Waals surface area contributed by atoms with Crippen molar-refractivity contribution in [3.05, 3.63) is 105 Å². The Morgan fingerprint density at radius 1 is 1.06 bits per heavy atom. The number of carbonyl (C=O) groups is 1. The van der Waals surface area contributed by atoms with Crippen LogP contribution in [0.3, 0.4) is 0 Å². The van der Waals surface area contributed by atoms with E-state index in [-0.39, 0.29) is 5.82 Å². The summed E-state index contributed by atoms with van der Waals surface area (Å²) in [5.41, 5.74) is 1.80. The van der Waals surface area contributed by atoms with Gasteiger partial charge in [-0.05, 0) is 48.4 Å². The molecule has 10 heteroatoms. The second kappa shape index (κ2) is 8.73. The molecule has 0 unspecified atom stereocenters. The number of nitrogens with one attached hydrogen (secondary N) is 2. The van der Waals surface area contributed by atoms with Gasteiger partial charge in [0, 0.05) is 17.3 Å². The first-order chi connectivity index (χ1) is 15.7. The van der Waals surface area contributed by atoms with Crippen molar-refractivity contribution in [1.82, 2.24) is 20.4 Å². The Kier molecular flexibility index (Phi) is 5.82. The summed E-state index contributed by atoms with van der Waals surface area (Å²) in [6.45, 7) is 1.80. The highest BCUT2D eigenvalue weighted by Crippen LogP contribution is 2.31. The summed E-state index contributed by atoms with van der Waals surface area (Å²) in [6.07, 6.45) is -2.91. The summed E-state index contributed by atoms with van der Waals surface area (Å²) in [5, 5.41) is 5.23. The number of carbonyl (C=O) groups excluding carboxylic acids is 1. The van der Waals surface area contributed by atoms with Gasteiger partial charge in [0.15, 0.2) is 5.82 Å². The van der Waals surface area contributed by atoms with Gasteiger partial charge >= 0.3 is 11.9 Å². The SMILES string of the molecule is Cc1cccnc1[C@@H](NC(=O)c1ccc(-c2nc(=O)o[nH]2)cc1)c1ccc(C(F)(F)F)cc1. The van der Waals surface area contributed by atoms with Crippen LogP contribution in [0.4, 0.5) is 13.2 Å². The molecule has 0 aliphatic heterocycles. The van der Waals surface area contributed by atoms with Crippen molar-refractivity contribution in [2.75, 3.05) is 0 Å². The molecule has 2 aromatic heterocycles. The number of rotatable bonds is 5. The van der Waals surface area contributed by atoms with Crippen LogP contribution in [0.1, 0.15) is 38.8 Å². The highest BCUT2D eigenvalue weighted by atomic mass is 19.4. The van der Waals surface area contributed by atoms with E-state index < -0.39 is 29.4 Å². The number of hydrogen-bond donors (Lipinski definition) is 2. The van der Waals surface area contributed by atoms with Crippen molar-refractivity contribution < 1.29 is 22.5 Å². The molecule has 0 bridgehead atoms. The zero-order chi connectivity index (χ0) is 23.6. The number of halogens is 3. The monoisotopic (exact) mass is 454 g/mol. The van der Waals surface area contributed by atoms with Crippen LogP contribution in [0.5, 0.6) is 0 Å². The third kappa shape index (κ3) is 4.84. The number of aromatic nitrogens is 3. The van der Waals surface area contributed by atoms with E-state index in [0.717, 1.165) is 17.7 Å². The van der Waals surface area contributed by atoms with Crippen molar-refractivity contribution in [2.24, 2.45) is 0 Å². The van der Waals surface area contributed by atoms with E-state index in [0.29, 0.717) is 22.4 Å². The van der Waals surface area contributed by atoms with Gasteiger partial charge in [0.05, 0.1) is 17.3 Å². The quantitative estimate of drug-likeness (QED) is 0.469. The first kappa shape index (κ1) is 22.0. The van der Waals surface area contributed by atoms with Gasteiger partial charge in [0.2, 0.25) is 0 Å². The fraction of sp³-hybridized carbons (Fsp3) is 0.130. The molecule has 0 saturated heterocycles. The van der Waals surface area contributed by atoms with E-state index in [2.05, 4.69) is 25.0 Å². The Labute approximate surface area is 185 Å². The summed E-state index contributed by atoms with van der Waals surface area (Å²) in [4.78, 5) is 32.1. The lowest BCUT2D eigenvalue weighted by Gasteiger charge is -2.21. The Morgan fingerprint density at radius 2 is 1.76 bits per heavy atom. The van der Waals surface area contributed by atoms with Gasteiger partial charge in [-0.1, -0.05) is 30.3 Å². The van der Waals surface area contributed by atoms with Crippen LogP contribution in [0.2, 0.25) is 0 Å². The first-order valence-electron chi connectivity index (χ1n) is 9.78. The molecule has 0 fully saturated rings. The number of nitrogens with zero attached hydrogens (tertiary/aromatic N) is 2. The maximum absolute atomic E-state index is 13.0. The molecule has 7 nitrogen and oxygen atoms in total. The lowest BCUT2D eigenvalue weighted by atomic mass is 9.98. The van der Waals surface area contributed by atoms with Crippen molar-refractivity contribution in [3.63, 3.8) is 0 Å². The second-order valence-corrected chi connectivity index (χ2v) is 7.24. The molecule has 4 rings (SSSR count). The average Bonchev–Trinajstić information content (AvgIpc) is 3.24. The van der Waals surface area contributed by atoms with Crippen LogP contribution in [0.25, 0.3) is 11.4 Å². The van der Waals surface area contributed by atoms with Crippen molar-refractivity contribution in [2.45, 2.75) is 19.1 Å². The van der Waals surface area contributed by atoms with Crippen LogP contribution >= 0.6 is 0 Å². The van der Waals surface area contributed by atoms with E-state index >= 15 is 0 Å². The van der Waals surface area contributed by atoms with Crippen LogP contribution in [-0.4, -0.2) is 21.0 Å². The summed E-state index contributed by atoms with van der Waals surface area (Å²) in [6, 6.07) is 13.6. The number of benzene rings is 2. The van der Waals surface area contributed by atoms with Crippen molar-refractivity contribution in [3.8, 4) is 11.4 Å². The highest BCUT2D eigenvalue weighted by molar-refractivity contribution is 5.95. The molecule has 1 atom stereocenters. The van der Waals surface area contributed by atoms with Crippen LogP contribution < -0.4 is 11.1 Å². The molecule has 0 spiro atoms. The number of alkyl halides is 3. The molecule has 168 valence electrons. The Balaban J connectivity index is 1.63. The van der Waals surface area contributed by atoms with E-state index in [1.807, 2.05) is 0 Å². The van der Waals surface area contributed by atoms with Gasteiger partial charge in [-0.3, -0.25) is 9.78 Å². The van der Waals surface area contributed by atoms with Crippen molar-refractivity contribution in [1.29, 1.82) is 0 Å². The van der Waals surface area contributed by atoms with Gasteiger partial charge < -0.3 is 9.84 Å². The summed E-state index contributed by atoms with van der Waals surface area (Å²) < 4.78 is 43.5.